The predicted octanol–water partition coefficient (Wildman–Crippen LogP) is 5.31. The fraction of sp³-hybridized carbons (Fsp3) is 0.118. The second kappa shape index (κ2) is 6.64. The normalized spacial score (nSPS) is 10.6. The van der Waals surface area contributed by atoms with E-state index in [2.05, 4.69) is 48.3 Å². The number of anilines is 2. The van der Waals surface area contributed by atoms with Gasteiger partial charge >= 0.3 is 0 Å². The predicted molar refractivity (Wildman–Crippen MR) is 97.2 cm³/mol. The van der Waals surface area contributed by atoms with Crippen LogP contribution in [0.2, 0.25) is 5.15 Å². The average molecular weight is 390 g/mol. The highest BCUT2D eigenvalue weighted by atomic mass is 79.9. The molecule has 0 unspecified atom stereocenters. The van der Waals surface area contributed by atoms with Gasteiger partial charge in [0.15, 0.2) is 5.82 Å². The van der Waals surface area contributed by atoms with Crippen molar-refractivity contribution < 1.29 is 0 Å². The molecule has 0 saturated carbocycles. The summed E-state index contributed by atoms with van der Waals surface area (Å²) < 4.78 is 1.05. The molecule has 0 spiro atoms. The zero-order chi connectivity index (χ0) is 16.4. The monoisotopic (exact) mass is 388 g/mol. The molecule has 0 aliphatic heterocycles. The molecule has 4 nitrogen and oxygen atoms in total. The van der Waals surface area contributed by atoms with Crippen molar-refractivity contribution in [3.63, 3.8) is 0 Å². The Bertz CT molecular complexity index is 829. The first-order chi connectivity index (χ1) is 11.0. The van der Waals surface area contributed by atoms with Gasteiger partial charge in [-0.25, -0.2) is 9.97 Å². The highest BCUT2D eigenvalue weighted by Crippen LogP contribution is 2.28. The van der Waals surface area contributed by atoms with Crippen LogP contribution in [0, 0.1) is 13.8 Å². The Morgan fingerprint density at radius 2 is 1.78 bits per heavy atom. The molecule has 1 aromatic carbocycles. The molecule has 2 heterocycles. The lowest BCUT2D eigenvalue weighted by Gasteiger charge is -2.13. The number of halogens is 2. The molecule has 1 N–H and O–H groups in total. The molecule has 0 aliphatic rings. The van der Waals surface area contributed by atoms with Gasteiger partial charge < -0.3 is 5.32 Å². The number of hydrogen-bond acceptors (Lipinski definition) is 4. The van der Waals surface area contributed by atoms with Crippen LogP contribution in [-0.2, 0) is 0 Å². The third kappa shape index (κ3) is 3.68. The molecule has 0 bridgehead atoms. The number of hydrogen-bond donors (Lipinski definition) is 1. The van der Waals surface area contributed by atoms with Gasteiger partial charge in [-0.3, -0.25) is 4.98 Å². The molecule has 0 radical (unpaired) electrons. The molecule has 2 aromatic heterocycles. The van der Waals surface area contributed by atoms with Crippen molar-refractivity contribution in [2.45, 2.75) is 13.8 Å². The Morgan fingerprint density at radius 3 is 2.43 bits per heavy atom. The summed E-state index contributed by atoms with van der Waals surface area (Å²) in [7, 11) is 0. The number of benzene rings is 1. The van der Waals surface area contributed by atoms with Gasteiger partial charge in [-0.05, 0) is 49.2 Å². The summed E-state index contributed by atoms with van der Waals surface area (Å²) in [4.78, 5) is 13.0. The molecule has 3 aromatic rings. The topological polar surface area (TPSA) is 50.7 Å². The van der Waals surface area contributed by atoms with Gasteiger partial charge in [0.2, 0.25) is 0 Å². The molecule has 116 valence electrons. The minimum atomic E-state index is 0.371. The Kier molecular flexibility index (Phi) is 4.59. The van der Waals surface area contributed by atoms with E-state index < -0.39 is 0 Å². The summed E-state index contributed by atoms with van der Waals surface area (Å²) in [6, 6.07) is 11.4. The van der Waals surface area contributed by atoms with Gasteiger partial charge in [0.1, 0.15) is 16.7 Å². The standard InChI is InChI=1S/C17H14BrClN4/c1-10-7-12(18)8-11(2)16(10)22-15-9-14(19)21-17(23-15)13-5-3-4-6-20-13/h3-9H,1-2H3,(H,21,22,23). The van der Waals surface area contributed by atoms with Gasteiger partial charge in [0.05, 0.1) is 0 Å². The SMILES string of the molecule is Cc1cc(Br)cc(C)c1Nc1cc(Cl)nc(-c2ccccn2)n1. The van der Waals surface area contributed by atoms with Crippen molar-refractivity contribution in [3.05, 3.63) is 63.3 Å². The summed E-state index contributed by atoms with van der Waals surface area (Å²) in [6.07, 6.45) is 1.70. The maximum atomic E-state index is 6.14. The maximum Gasteiger partial charge on any atom is 0.181 e. The van der Waals surface area contributed by atoms with Crippen LogP contribution in [-0.4, -0.2) is 15.0 Å². The summed E-state index contributed by atoms with van der Waals surface area (Å²) in [5.41, 5.74) is 3.93. The van der Waals surface area contributed by atoms with Gasteiger partial charge in [0.25, 0.3) is 0 Å². The zero-order valence-corrected chi connectivity index (χ0v) is 15.0. The minimum Gasteiger partial charge on any atom is -0.340 e. The third-order valence-electron chi connectivity index (χ3n) is 3.34. The average Bonchev–Trinajstić information content (AvgIpc) is 2.51. The molecule has 23 heavy (non-hydrogen) atoms. The van der Waals surface area contributed by atoms with E-state index in [0.717, 1.165) is 21.3 Å². The second-order valence-corrected chi connectivity index (χ2v) is 6.46. The Morgan fingerprint density at radius 1 is 1.04 bits per heavy atom. The van der Waals surface area contributed by atoms with Crippen LogP contribution in [0.25, 0.3) is 11.5 Å². The lowest BCUT2D eigenvalue weighted by Crippen LogP contribution is -2.01. The molecule has 6 heteroatoms. The largest absolute Gasteiger partial charge is 0.340 e. The summed E-state index contributed by atoms with van der Waals surface area (Å²) in [5.74, 6) is 1.13. The summed E-state index contributed by atoms with van der Waals surface area (Å²) >= 11 is 9.65. The van der Waals surface area contributed by atoms with E-state index >= 15 is 0 Å². The van der Waals surface area contributed by atoms with Crippen LogP contribution in [0.1, 0.15) is 11.1 Å². The molecule has 0 atom stereocenters. The van der Waals surface area contributed by atoms with Crippen LogP contribution >= 0.6 is 27.5 Å². The van der Waals surface area contributed by atoms with E-state index in [1.807, 2.05) is 32.0 Å². The maximum absolute atomic E-state index is 6.14. The van der Waals surface area contributed by atoms with E-state index in [0.29, 0.717) is 22.5 Å². The Balaban J connectivity index is 2.00. The van der Waals surface area contributed by atoms with Gasteiger partial charge in [-0.1, -0.05) is 33.6 Å². The first-order valence-corrected chi connectivity index (χ1v) is 8.20. The van der Waals surface area contributed by atoms with Crippen molar-refractivity contribution >= 4 is 39.0 Å². The number of rotatable bonds is 3. The van der Waals surface area contributed by atoms with Crippen LogP contribution < -0.4 is 5.32 Å². The van der Waals surface area contributed by atoms with Crippen molar-refractivity contribution in [2.24, 2.45) is 0 Å². The highest BCUT2D eigenvalue weighted by molar-refractivity contribution is 9.10. The van der Waals surface area contributed by atoms with Gasteiger partial charge in [-0.2, -0.15) is 0 Å². The molecular weight excluding hydrogens is 376 g/mol. The molecule has 3 rings (SSSR count). The van der Waals surface area contributed by atoms with Crippen LogP contribution in [0.3, 0.4) is 0 Å². The summed E-state index contributed by atoms with van der Waals surface area (Å²) in [5, 5.41) is 3.71. The second-order valence-electron chi connectivity index (χ2n) is 5.15. The minimum absolute atomic E-state index is 0.371. The van der Waals surface area contributed by atoms with Crippen molar-refractivity contribution in [2.75, 3.05) is 5.32 Å². The van der Waals surface area contributed by atoms with E-state index in [-0.39, 0.29) is 0 Å². The van der Waals surface area contributed by atoms with Crippen molar-refractivity contribution in [1.82, 2.24) is 15.0 Å². The number of nitrogens with one attached hydrogen (secondary N) is 1. The van der Waals surface area contributed by atoms with Gasteiger partial charge in [0, 0.05) is 22.4 Å². The molecule has 0 fully saturated rings. The molecule has 0 saturated heterocycles. The lowest BCUT2D eigenvalue weighted by molar-refractivity contribution is 1.14. The fourth-order valence-corrected chi connectivity index (χ4v) is 3.20. The summed E-state index contributed by atoms with van der Waals surface area (Å²) in [6.45, 7) is 4.09. The highest BCUT2D eigenvalue weighted by Gasteiger charge is 2.10. The van der Waals surface area contributed by atoms with E-state index in [9.17, 15) is 0 Å². The number of aromatic nitrogens is 3. The number of aryl methyl sites for hydroxylation is 2. The molecular formula is C17H14BrClN4. The number of pyridine rings is 1. The Labute approximate surface area is 148 Å². The van der Waals surface area contributed by atoms with Crippen molar-refractivity contribution in [1.29, 1.82) is 0 Å². The van der Waals surface area contributed by atoms with Gasteiger partial charge in [-0.15, -0.1) is 0 Å². The first-order valence-electron chi connectivity index (χ1n) is 7.02. The van der Waals surface area contributed by atoms with E-state index in [4.69, 9.17) is 11.6 Å². The van der Waals surface area contributed by atoms with E-state index in [1.54, 1.807) is 12.3 Å². The zero-order valence-electron chi connectivity index (χ0n) is 12.6. The van der Waals surface area contributed by atoms with Crippen LogP contribution in [0.15, 0.2) is 47.1 Å². The number of nitrogens with zero attached hydrogens (tertiary/aromatic N) is 3. The molecule has 0 aliphatic carbocycles. The van der Waals surface area contributed by atoms with E-state index in [1.165, 1.54) is 0 Å². The smallest absolute Gasteiger partial charge is 0.181 e. The van der Waals surface area contributed by atoms with Crippen molar-refractivity contribution in [3.8, 4) is 11.5 Å². The van der Waals surface area contributed by atoms with Crippen LogP contribution in [0.5, 0.6) is 0 Å². The fourth-order valence-electron chi connectivity index (χ4n) is 2.33. The lowest BCUT2D eigenvalue weighted by atomic mass is 10.1. The quantitative estimate of drug-likeness (QED) is 0.616. The first kappa shape index (κ1) is 15.9. The molecule has 0 amide bonds. The third-order valence-corrected chi connectivity index (χ3v) is 3.99. The van der Waals surface area contributed by atoms with Crippen LogP contribution in [0.4, 0.5) is 11.5 Å². The Hall–Kier alpha value is -1.98.